The lowest BCUT2D eigenvalue weighted by Crippen LogP contribution is -2.27. The highest BCUT2D eigenvalue weighted by Crippen LogP contribution is 2.42. The van der Waals surface area contributed by atoms with Gasteiger partial charge in [-0.1, -0.05) is 19.9 Å². The van der Waals surface area contributed by atoms with E-state index in [2.05, 4.69) is 6.58 Å². The number of rotatable bonds is 6. The molecule has 0 radical (unpaired) electrons. The minimum absolute atomic E-state index is 0.137. The normalized spacial score (nSPS) is 15.2. The molecule has 1 aromatic rings. The highest BCUT2D eigenvalue weighted by molar-refractivity contribution is 5.99. The van der Waals surface area contributed by atoms with Gasteiger partial charge in [-0.3, -0.25) is 0 Å². The van der Waals surface area contributed by atoms with Gasteiger partial charge in [-0.15, -0.1) is 6.58 Å². The van der Waals surface area contributed by atoms with Gasteiger partial charge >= 0.3 is 11.9 Å². The average Bonchev–Trinajstić information content (AvgIpc) is 2.77. The fourth-order valence-corrected chi connectivity index (χ4v) is 2.53. The first-order chi connectivity index (χ1) is 11.9. The van der Waals surface area contributed by atoms with E-state index < -0.39 is 11.9 Å². The highest BCUT2D eigenvalue weighted by atomic mass is 16.6. The maximum absolute atomic E-state index is 12.5. The Kier molecular flexibility index (Phi) is 5.77. The summed E-state index contributed by atoms with van der Waals surface area (Å²) in [6, 6.07) is 0. The summed E-state index contributed by atoms with van der Waals surface area (Å²) < 4.78 is 23.5. The number of aromatic nitrogens is 1. The minimum atomic E-state index is -0.584. The van der Waals surface area contributed by atoms with E-state index in [1.54, 1.807) is 19.9 Å². The van der Waals surface area contributed by atoms with Crippen LogP contribution in [0.3, 0.4) is 0 Å². The molecule has 2 heterocycles. The lowest BCUT2D eigenvalue weighted by Gasteiger charge is -2.21. The molecule has 25 heavy (non-hydrogen) atoms. The average molecular weight is 351 g/mol. The molecule has 0 unspecified atom stereocenters. The highest BCUT2D eigenvalue weighted by Gasteiger charge is 2.38. The van der Waals surface area contributed by atoms with Crippen LogP contribution < -0.4 is 9.47 Å². The molecule has 0 saturated heterocycles. The van der Waals surface area contributed by atoms with E-state index in [0.29, 0.717) is 13.2 Å². The number of esters is 2. The summed E-state index contributed by atoms with van der Waals surface area (Å²) in [5, 5.41) is 0. The molecule has 0 fully saturated rings. The molecule has 0 bridgehead atoms. The van der Waals surface area contributed by atoms with Crippen LogP contribution in [0.15, 0.2) is 12.7 Å². The molecule has 0 N–H and O–H groups in total. The smallest absolute Gasteiger partial charge is 0.359 e. The van der Waals surface area contributed by atoms with Crippen molar-refractivity contribution in [1.82, 2.24) is 4.57 Å². The predicted molar refractivity (Wildman–Crippen MR) is 91.3 cm³/mol. The van der Waals surface area contributed by atoms with Gasteiger partial charge in [0.1, 0.15) is 0 Å². The lowest BCUT2D eigenvalue weighted by molar-refractivity contribution is 0.0495. The molecule has 0 aromatic carbocycles. The van der Waals surface area contributed by atoms with Crippen molar-refractivity contribution < 1.29 is 28.5 Å². The number of fused-ring (bicyclic) bond motifs is 1. The van der Waals surface area contributed by atoms with Crippen LogP contribution in [-0.4, -0.2) is 42.9 Å². The van der Waals surface area contributed by atoms with Crippen molar-refractivity contribution >= 4 is 11.9 Å². The third-order valence-electron chi connectivity index (χ3n) is 3.64. The van der Waals surface area contributed by atoms with E-state index in [0.717, 1.165) is 0 Å². The quantitative estimate of drug-likeness (QED) is 0.579. The van der Waals surface area contributed by atoms with E-state index >= 15 is 0 Å². The van der Waals surface area contributed by atoms with Gasteiger partial charge < -0.3 is 23.5 Å². The Morgan fingerprint density at radius 3 is 1.88 bits per heavy atom. The molecule has 0 saturated carbocycles. The molecule has 0 spiro atoms. The first kappa shape index (κ1) is 18.9. The van der Waals surface area contributed by atoms with Gasteiger partial charge in [0.25, 0.3) is 0 Å². The number of carbonyl (C=O) groups excluding carboxylic acids is 2. The summed E-state index contributed by atoms with van der Waals surface area (Å²) in [7, 11) is 0. The molecule has 2 rings (SSSR count). The Balaban J connectivity index is 2.66. The molecule has 1 aromatic heterocycles. The Labute approximate surface area is 147 Å². The molecule has 0 amide bonds. The Morgan fingerprint density at radius 1 is 1.08 bits per heavy atom. The largest absolute Gasteiger partial charge is 0.487 e. The second-order valence-corrected chi connectivity index (χ2v) is 6.44. The van der Waals surface area contributed by atoms with Crippen LogP contribution in [0, 0.1) is 5.41 Å². The van der Waals surface area contributed by atoms with Gasteiger partial charge in [-0.2, -0.15) is 0 Å². The van der Waals surface area contributed by atoms with Gasteiger partial charge in [-0.05, 0) is 13.8 Å². The number of ether oxygens (including phenoxy) is 4. The predicted octanol–water partition coefficient (Wildman–Crippen LogP) is 2.82. The molecule has 7 heteroatoms. The Hall–Kier alpha value is -2.44. The summed E-state index contributed by atoms with van der Waals surface area (Å²) in [5.41, 5.74) is 0.00247. The molecule has 138 valence electrons. The minimum Gasteiger partial charge on any atom is -0.487 e. The molecule has 0 aliphatic carbocycles. The van der Waals surface area contributed by atoms with Crippen LogP contribution in [0.4, 0.5) is 0 Å². The fourth-order valence-electron chi connectivity index (χ4n) is 2.53. The van der Waals surface area contributed by atoms with E-state index in [1.165, 1.54) is 4.57 Å². The van der Waals surface area contributed by atoms with E-state index in [4.69, 9.17) is 18.9 Å². The monoisotopic (exact) mass is 351 g/mol. The van der Waals surface area contributed by atoms with E-state index in [-0.39, 0.29) is 48.1 Å². The SMILES string of the molecule is C=CCn1c(C(=O)OCC)c2c(c1C(=O)OCC)OCC(C)(C)CO2. The summed E-state index contributed by atoms with van der Waals surface area (Å²) in [5.74, 6) is -0.734. The zero-order chi connectivity index (χ0) is 18.6. The van der Waals surface area contributed by atoms with Gasteiger partial charge in [-0.25, -0.2) is 9.59 Å². The van der Waals surface area contributed by atoms with Crippen molar-refractivity contribution in [1.29, 1.82) is 0 Å². The molecular weight excluding hydrogens is 326 g/mol. The van der Waals surface area contributed by atoms with Gasteiger partial charge in [0.15, 0.2) is 22.9 Å². The van der Waals surface area contributed by atoms with Crippen LogP contribution in [-0.2, 0) is 16.0 Å². The Bertz CT molecular complexity index is 624. The molecule has 1 aliphatic heterocycles. The standard InChI is InChI=1S/C18H25NO6/c1-6-9-19-12(16(20)22-7-2)14-15(13(19)17(21)23-8-3)25-11-18(4,5)10-24-14/h6H,1,7-11H2,2-5H3. The molecule has 7 nitrogen and oxygen atoms in total. The third-order valence-corrected chi connectivity index (χ3v) is 3.64. The molecular formula is C18H25NO6. The zero-order valence-corrected chi connectivity index (χ0v) is 15.2. The van der Waals surface area contributed by atoms with Gasteiger partial charge in [0.2, 0.25) is 0 Å². The number of hydrogen-bond donors (Lipinski definition) is 0. The second-order valence-electron chi connectivity index (χ2n) is 6.44. The van der Waals surface area contributed by atoms with Crippen molar-refractivity contribution in [3.63, 3.8) is 0 Å². The number of nitrogens with zero attached hydrogens (tertiary/aromatic N) is 1. The van der Waals surface area contributed by atoms with Crippen molar-refractivity contribution in [3.05, 3.63) is 24.0 Å². The topological polar surface area (TPSA) is 76.0 Å². The summed E-state index contributed by atoms with van der Waals surface area (Å²) >= 11 is 0. The third kappa shape index (κ3) is 3.81. The van der Waals surface area contributed by atoms with E-state index in [1.807, 2.05) is 13.8 Å². The number of allylic oxidation sites excluding steroid dienone is 1. The maximum atomic E-state index is 12.5. The second kappa shape index (κ2) is 7.63. The number of carbonyl (C=O) groups is 2. The van der Waals surface area contributed by atoms with Crippen molar-refractivity contribution in [2.24, 2.45) is 5.41 Å². The van der Waals surface area contributed by atoms with Gasteiger partial charge in [0.05, 0.1) is 26.4 Å². The van der Waals surface area contributed by atoms with Crippen LogP contribution in [0.5, 0.6) is 11.5 Å². The first-order valence-corrected chi connectivity index (χ1v) is 8.33. The number of hydrogen-bond acceptors (Lipinski definition) is 6. The van der Waals surface area contributed by atoms with Crippen LogP contribution in [0.2, 0.25) is 0 Å². The van der Waals surface area contributed by atoms with Gasteiger partial charge in [0, 0.05) is 12.0 Å². The van der Waals surface area contributed by atoms with Crippen molar-refractivity contribution in [3.8, 4) is 11.5 Å². The van der Waals surface area contributed by atoms with Crippen LogP contribution in [0.1, 0.15) is 48.7 Å². The maximum Gasteiger partial charge on any atom is 0.359 e. The first-order valence-electron chi connectivity index (χ1n) is 8.33. The summed E-state index contributed by atoms with van der Waals surface area (Å²) in [6.45, 7) is 12.4. The van der Waals surface area contributed by atoms with Crippen LogP contribution >= 0.6 is 0 Å². The summed E-state index contributed by atoms with van der Waals surface area (Å²) in [6.07, 6.45) is 1.58. The molecule has 0 atom stereocenters. The summed E-state index contributed by atoms with van der Waals surface area (Å²) in [4.78, 5) is 25.0. The Morgan fingerprint density at radius 2 is 1.52 bits per heavy atom. The van der Waals surface area contributed by atoms with E-state index in [9.17, 15) is 9.59 Å². The van der Waals surface area contributed by atoms with Crippen molar-refractivity contribution in [2.45, 2.75) is 34.2 Å². The zero-order valence-electron chi connectivity index (χ0n) is 15.2. The molecule has 1 aliphatic rings. The van der Waals surface area contributed by atoms with Crippen molar-refractivity contribution in [2.75, 3.05) is 26.4 Å². The van der Waals surface area contributed by atoms with Crippen LogP contribution in [0.25, 0.3) is 0 Å². The lowest BCUT2D eigenvalue weighted by atomic mass is 9.97. The fraction of sp³-hybridized carbons (Fsp3) is 0.556.